The molecular formula is C10H9N3O. The first-order chi connectivity index (χ1) is 6.92. The summed E-state index contributed by atoms with van der Waals surface area (Å²) in [6, 6.07) is 3.57. The SMILES string of the molecule is O=CC(c1cc[nH]c1)c1ncccn1. The van der Waals surface area contributed by atoms with Crippen molar-refractivity contribution in [3.8, 4) is 0 Å². The second-order valence-corrected chi connectivity index (χ2v) is 2.87. The molecule has 0 spiro atoms. The van der Waals surface area contributed by atoms with Crippen LogP contribution in [0.25, 0.3) is 0 Å². The maximum Gasteiger partial charge on any atom is 0.142 e. The predicted octanol–water partition coefficient (Wildman–Crippen LogP) is 1.14. The molecule has 1 atom stereocenters. The van der Waals surface area contributed by atoms with Crippen molar-refractivity contribution < 1.29 is 4.79 Å². The zero-order valence-corrected chi connectivity index (χ0v) is 7.42. The molecular weight excluding hydrogens is 178 g/mol. The summed E-state index contributed by atoms with van der Waals surface area (Å²) in [4.78, 5) is 21.9. The van der Waals surface area contributed by atoms with E-state index in [9.17, 15) is 4.79 Å². The molecule has 0 radical (unpaired) electrons. The lowest BCUT2D eigenvalue weighted by Crippen LogP contribution is -2.05. The summed E-state index contributed by atoms with van der Waals surface area (Å²) in [5.74, 6) is 0.157. The number of carbonyl (C=O) groups is 1. The summed E-state index contributed by atoms with van der Waals surface area (Å²) < 4.78 is 0. The van der Waals surface area contributed by atoms with Gasteiger partial charge >= 0.3 is 0 Å². The van der Waals surface area contributed by atoms with Crippen LogP contribution in [-0.2, 0) is 4.79 Å². The Balaban J connectivity index is 2.36. The number of aromatic nitrogens is 3. The van der Waals surface area contributed by atoms with Gasteiger partial charge in [-0.15, -0.1) is 0 Å². The second kappa shape index (κ2) is 3.83. The van der Waals surface area contributed by atoms with Gasteiger partial charge in [-0.2, -0.15) is 0 Å². The van der Waals surface area contributed by atoms with Gasteiger partial charge in [0, 0.05) is 24.8 Å². The van der Waals surface area contributed by atoms with Crippen LogP contribution >= 0.6 is 0 Å². The van der Waals surface area contributed by atoms with Gasteiger partial charge in [-0.05, 0) is 17.7 Å². The smallest absolute Gasteiger partial charge is 0.142 e. The van der Waals surface area contributed by atoms with Gasteiger partial charge in [0.1, 0.15) is 18.0 Å². The standard InChI is InChI=1S/C10H9N3O/c14-7-9(8-2-5-11-6-8)10-12-3-1-4-13-10/h1-7,9,11H. The van der Waals surface area contributed by atoms with Gasteiger partial charge in [-0.3, -0.25) is 0 Å². The van der Waals surface area contributed by atoms with E-state index in [2.05, 4.69) is 15.0 Å². The first kappa shape index (κ1) is 8.62. The molecule has 0 aromatic carbocycles. The van der Waals surface area contributed by atoms with Crippen LogP contribution in [0.15, 0.2) is 36.9 Å². The van der Waals surface area contributed by atoms with Gasteiger partial charge < -0.3 is 9.78 Å². The highest BCUT2D eigenvalue weighted by Gasteiger charge is 2.15. The number of carbonyl (C=O) groups excluding carboxylic acids is 1. The van der Waals surface area contributed by atoms with Crippen LogP contribution in [0.3, 0.4) is 0 Å². The van der Waals surface area contributed by atoms with Crippen molar-refractivity contribution >= 4 is 6.29 Å². The van der Waals surface area contributed by atoms with Crippen LogP contribution in [-0.4, -0.2) is 21.2 Å². The normalized spacial score (nSPS) is 12.3. The quantitative estimate of drug-likeness (QED) is 0.733. The topological polar surface area (TPSA) is 58.6 Å². The number of hydrogen-bond donors (Lipinski definition) is 1. The first-order valence-corrected chi connectivity index (χ1v) is 4.26. The fourth-order valence-corrected chi connectivity index (χ4v) is 1.29. The Bertz CT molecular complexity index is 397. The molecule has 1 N–H and O–H groups in total. The Morgan fingerprint density at radius 2 is 2.14 bits per heavy atom. The fraction of sp³-hybridized carbons (Fsp3) is 0.100. The number of nitrogens with one attached hydrogen (secondary N) is 1. The Hall–Kier alpha value is -1.97. The maximum atomic E-state index is 10.9. The fourth-order valence-electron chi connectivity index (χ4n) is 1.29. The zero-order chi connectivity index (χ0) is 9.80. The van der Waals surface area contributed by atoms with Crippen molar-refractivity contribution in [2.45, 2.75) is 5.92 Å². The number of H-pyrrole nitrogens is 1. The zero-order valence-electron chi connectivity index (χ0n) is 7.42. The number of aromatic amines is 1. The summed E-state index contributed by atoms with van der Waals surface area (Å²) in [6.45, 7) is 0. The van der Waals surface area contributed by atoms with E-state index in [-0.39, 0.29) is 5.92 Å². The third-order valence-electron chi connectivity index (χ3n) is 1.98. The van der Waals surface area contributed by atoms with Crippen LogP contribution in [0.5, 0.6) is 0 Å². The Kier molecular flexibility index (Phi) is 2.36. The summed E-state index contributed by atoms with van der Waals surface area (Å²) in [6.07, 6.45) is 7.65. The Morgan fingerprint density at radius 1 is 1.36 bits per heavy atom. The van der Waals surface area contributed by atoms with E-state index in [0.29, 0.717) is 5.82 Å². The summed E-state index contributed by atoms with van der Waals surface area (Å²) in [7, 11) is 0. The lowest BCUT2D eigenvalue weighted by molar-refractivity contribution is -0.108. The minimum atomic E-state index is -0.373. The largest absolute Gasteiger partial charge is 0.367 e. The highest BCUT2D eigenvalue weighted by Crippen LogP contribution is 2.17. The van der Waals surface area contributed by atoms with E-state index in [0.717, 1.165) is 11.8 Å². The molecule has 1 unspecified atom stereocenters. The molecule has 0 amide bonds. The van der Waals surface area contributed by atoms with E-state index in [1.165, 1.54) is 0 Å². The molecule has 2 heterocycles. The van der Waals surface area contributed by atoms with Crippen molar-refractivity contribution in [1.82, 2.24) is 15.0 Å². The molecule has 2 aromatic rings. The molecule has 0 aliphatic heterocycles. The average molecular weight is 187 g/mol. The molecule has 4 heteroatoms. The van der Waals surface area contributed by atoms with Crippen LogP contribution in [0.2, 0.25) is 0 Å². The molecule has 14 heavy (non-hydrogen) atoms. The van der Waals surface area contributed by atoms with Gasteiger partial charge in [0.05, 0.1) is 0 Å². The van der Waals surface area contributed by atoms with Crippen LogP contribution in [0.1, 0.15) is 17.3 Å². The molecule has 0 bridgehead atoms. The van der Waals surface area contributed by atoms with E-state index in [1.807, 2.05) is 6.07 Å². The first-order valence-electron chi connectivity index (χ1n) is 4.26. The number of nitrogens with zero attached hydrogens (tertiary/aromatic N) is 2. The monoisotopic (exact) mass is 187 g/mol. The van der Waals surface area contributed by atoms with Crippen molar-refractivity contribution in [2.75, 3.05) is 0 Å². The highest BCUT2D eigenvalue weighted by molar-refractivity contribution is 5.65. The lowest BCUT2D eigenvalue weighted by Gasteiger charge is -2.05. The summed E-state index contributed by atoms with van der Waals surface area (Å²) in [5.41, 5.74) is 0.881. The van der Waals surface area contributed by atoms with E-state index >= 15 is 0 Å². The lowest BCUT2D eigenvalue weighted by atomic mass is 10.0. The number of rotatable bonds is 3. The third-order valence-corrected chi connectivity index (χ3v) is 1.98. The number of aldehydes is 1. The van der Waals surface area contributed by atoms with Crippen molar-refractivity contribution in [1.29, 1.82) is 0 Å². The molecule has 2 aromatic heterocycles. The molecule has 0 aliphatic carbocycles. The Morgan fingerprint density at radius 3 is 2.71 bits per heavy atom. The van der Waals surface area contributed by atoms with Gasteiger partial charge in [0.2, 0.25) is 0 Å². The van der Waals surface area contributed by atoms with Gasteiger partial charge in [-0.1, -0.05) is 0 Å². The average Bonchev–Trinajstić information content (AvgIpc) is 2.74. The molecule has 0 saturated carbocycles. The van der Waals surface area contributed by atoms with Gasteiger partial charge in [0.25, 0.3) is 0 Å². The van der Waals surface area contributed by atoms with Crippen molar-refractivity contribution in [2.24, 2.45) is 0 Å². The van der Waals surface area contributed by atoms with Crippen LogP contribution < -0.4 is 0 Å². The third kappa shape index (κ3) is 1.54. The minimum absolute atomic E-state index is 0.373. The van der Waals surface area contributed by atoms with E-state index in [4.69, 9.17) is 0 Å². The van der Waals surface area contributed by atoms with E-state index < -0.39 is 0 Å². The number of hydrogen-bond acceptors (Lipinski definition) is 3. The van der Waals surface area contributed by atoms with E-state index in [1.54, 1.807) is 30.9 Å². The molecule has 0 aliphatic rings. The highest BCUT2D eigenvalue weighted by atomic mass is 16.1. The predicted molar refractivity (Wildman–Crippen MR) is 50.7 cm³/mol. The van der Waals surface area contributed by atoms with Gasteiger partial charge in [-0.25, -0.2) is 9.97 Å². The van der Waals surface area contributed by atoms with Crippen molar-refractivity contribution in [3.63, 3.8) is 0 Å². The van der Waals surface area contributed by atoms with Crippen LogP contribution in [0.4, 0.5) is 0 Å². The molecule has 70 valence electrons. The Labute approximate surface area is 81.0 Å². The second-order valence-electron chi connectivity index (χ2n) is 2.87. The molecule has 4 nitrogen and oxygen atoms in total. The summed E-state index contributed by atoms with van der Waals surface area (Å²) >= 11 is 0. The maximum absolute atomic E-state index is 10.9. The van der Waals surface area contributed by atoms with Crippen molar-refractivity contribution in [3.05, 3.63) is 48.3 Å². The van der Waals surface area contributed by atoms with Gasteiger partial charge in [0.15, 0.2) is 0 Å². The summed E-state index contributed by atoms with van der Waals surface area (Å²) in [5, 5.41) is 0. The minimum Gasteiger partial charge on any atom is -0.367 e. The molecule has 2 rings (SSSR count). The molecule has 0 fully saturated rings. The van der Waals surface area contributed by atoms with Crippen LogP contribution in [0, 0.1) is 0 Å². The molecule has 0 saturated heterocycles.